The van der Waals surface area contributed by atoms with Crippen molar-refractivity contribution in [2.24, 2.45) is 10.2 Å². The van der Waals surface area contributed by atoms with Gasteiger partial charge in [-0.25, -0.2) is 0 Å². The molecular formula is C23H18N4NaO5S+. The number of fused-ring (bicyclic) bond motifs is 1. The third-order valence-corrected chi connectivity index (χ3v) is 5.62. The second-order valence-corrected chi connectivity index (χ2v) is 8.49. The van der Waals surface area contributed by atoms with Crippen LogP contribution < -0.4 is 40.6 Å². The molecule has 4 rings (SSSR count). The van der Waals surface area contributed by atoms with Crippen LogP contribution in [0.25, 0.3) is 10.8 Å². The van der Waals surface area contributed by atoms with Gasteiger partial charge < -0.3 is 16.2 Å². The zero-order chi connectivity index (χ0) is 23.6. The molecule has 5 N–H and O–H groups in total. The van der Waals surface area contributed by atoms with Crippen LogP contribution in [0.1, 0.15) is 10.4 Å². The molecule has 0 radical (unpaired) electrons. The maximum Gasteiger partial charge on any atom is 1.00 e. The molecule has 0 aromatic heterocycles. The van der Waals surface area contributed by atoms with Crippen molar-refractivity contribution in [3.8, 4) is 5.75 Å². The Kier molecular flexibility index (Phi) is 7.70. The van der Waals surface area contributed by atoms with Gasteiger partial charge in [0, 0.05) is 22.3 Å². The second-order valence-electron chi connectivity index (χ2n) is 7.10. The van der Waals surface area contributed by atoms with E-state index in [2.05, 4.69) is 15.5 Å². The summed E-state index contributed by atoms with van der Waals surface area (Å²) in [5.74, 6) is -0.900. The van der Waals surface area contributed by atoms with Crippen molar-refractivity contribution in [2.45, 2.75) is 4.90 Å². The van der Waals surface area contributed by atoms with E-state index in [0.717, 1.165) is 6.07 Å². The van der Waals surface area contributed by atoms with E-state index in [4.69, 9.17) is 5.73 Å². The summed E-state index contributed by atoms with van der Waals surface area (Å²) in [5.41, 5.74) is 6.85. The molecule has 166 valence electrons. The van der Waals surface area contributed by atoms with Crippen molar-refractivity contribution in [1.29, 1.82) is 0 Å². The number of benzene rings is 4. The first-order valence-electron chi connectivity index (χ1n) is 9.63. The van der Waals surface area contributed by atoms with Crippen LogP contribution in [0.3, 0.4) is 0 Å². The summed E-state index contributed by atoms with van der Waals surface area (Å²) in [6, 6.07) is 20.6. The normalized spacial score (nSPS) is 11.3. The number of nitrogens with zero attached hydrogens (tertiary/aromatic N) is 2. The van der Waals surface area contributed by atoms with Gasteiger partial charge in [0.25, 0.3) is 16.0 Å². The Balaban J connectivity index is 0.00000324. The third kappa shape index (κ3) is 5.61. The number of nitrogen functional groups attached to an aromatic ring is 1. The molecule has 9 nitrogen and oxygen atoms in total. The van der Waals surface area contributed by atoms with E-state index >= 15 is 0 Å². The average Bonchev–Trinajstić information content (AvgIpc) is 2.78. The Labute approximate surface area is 217 Å². The number of rotatable bonds is 5. The van der Waals surface area contributed by atoms with Gasteiger partial charge in [-0.05, 0) is 60.0 Å². The minimum Gasteiger partial charge on any atom is -0.505 e. The summed E-state index contributed by atoms with van der Waals surface area (Å²) in [4.78, 5) is 11.9. The summed E-state index contributed by atoms with van der Waals surface area (Å²) in [6.45, 7) is 0. The van der Waals surface area contributed by atoms with Crippen molar-refractivity contribution in [3.63, 3.8) is 0 Å². The van der Waals surface area contributed by atoms with Crippen LogP contribution in [0, 0.1) is 0 Å². The predicted octanol–water partition coefficient (Wildman–Crippen LogP) is 2.05. The number of phenols is 1. The molecule has 11 heteroatoms. The van der Waals surface area contributed by atoms with E-state index in [9.17, 15) is 22.9 Å². The van der Waals surface area contributed by atoms with E-state index in [1.165, 1.54) is 24.3 Å². The minimum atomic E-state index is -4.75. The molecule has 0 saturated heterocycles. The summed E-state index contributed by atoms with van der Waals surface area (Å²) in [7, 11) is -4.75. The number of amides is 1. The van der Waals surface area contributed by atoms with Gasteiger partial charge in [-0.2, -0.15) is 13.5 Å². The van der Waals surface area contributed by atoms with Crippen molar-refractivity contribution in [1.82, 2.24) is 0 Å². The van der Waals surface area contributed by atoms with Gasteiger partial charge in [0.15, 0.2) is 5.75 Å². The fourth-order valence-corrected chi connectivity index (χ4v) is 3.87. The zero-order valence-electron chi connectivity index (χ0n) is 18.0. The predicted molar refractivity (Wildman–Crippen MR) is 125 cm³/mol. The van der Waals surface area contributed by atoms with Crippen LogP contribution in [0.2, 0.25) is 0 Å². The smallest absolute Gasteiger partial charge is 0.505 e. The SMILES string of the molecule is Nc1cccc(C(=O)Nc2ccc3c(O)c(N=Nc4ccccc4)c(S(=O)(=O)O)cc3c2)c1.[Na+]. The molecule has 0 aliphatic carbocycles. The molecule has 0 unspecified atom stereocenters. The van der Waals surface area contributed by atoms with Crippen molar-refractivity contribution >= 4 is 49.5 Å². The van der Waals surface area contributed by atoms with Gasteiger partial charge in [-0.1, -0.05) is 24.3 Å². The molecular weight excluding hydrogens is 467 g/mol. The first-order chi connectivity index (χ1) is 15.7. The number of hydrogen-bond acceptors (Lipinski definition) is 7. The monoisotopic (exact) mass is 485 g/mol. The van der Waals surface area contributed by atoms with Crippen LogP contribution in [0.4, 0.5) is 22.7 Å². The van der Waals surface area contributed by atoms with Gasteiger partial charge >= 0.3 is 29.6 Å². The Hall–Kier alpha value is -3.28. The van der Waals surface area contributed by atoms with E-state index in [0.29, 0.717) is 22.6 Å². The van der Waals surface area contributed by atoms with Crippen molar-refractivity contribution in [2.75, 3.05) is 11.1 Å². The van der Waals surface area contributed by atoms with Crippen LogP contribution in [0.15, 0.2) is 94.0 Å². The van der Waals surface area contributed by atoms with Gasteiger partial charge in [0.1, 0.15) is 10.6 Å². The third-order valence-electron chi connectivity index (χ3n) is 4.76. The molecule has 34 heavy (non-hydrogen) atoms. The van der Waals surface area contributed by atoms with Gasteiger partial charge in [0.2, 0.25) is 0 Å². The van der Waals surface area contributed by atoms with E-state index < -0.39 is 32.4 Å². The standard InChI is InChI=1S/C23H18N4O5S.Na/c24-16-6-4-5-14(11-16)23(29)25-18-9-10-19-15(12-18)13-20(33(30,31)32)21(22(19)28)27-26-17-7-2-1-3-8-17;/h1-13,28H,24H2,(H,25,29)(H,30,31,32);/q;+1. The van der Waals surface area contributed by atoms with E-state index in [1.807, 2.05) is 0 Å². The number of phenolic OH excluding ortho intramolecular Hbond substituents is 1. The number of carbonyl (C=O) groups is 1. The molecule has 0 bridgehead atoms. The summed E-state index contributed by atoms with van der Waals surface area (Å²) in [6.07, 6.45) is 0. The molecule has 0 aliphatic rings. The average molecular weight is 485 g/mol. The Morgan fingerprint density at radius 3 is 2.32 bits per heavy atom. The van der Waals surface area contributed by atoms with Gasteiger partial charge in [-0.3, -0.25) is 9.35 Å². The Morgan fingerprint density at radius 1 is 0.912 bits per heavy atom. The summed E-state index contributed by atoms with van der Waals surface area (Å²) in [5, 5.41) is 21.7. The number of nitrogens with two attached hydrogens (primary N) is 1. The van der Waals surface area contributed by atoms with Crippen molar-refractivity contribution < 1.29 is 52.4 Å². The first-order valence-corrected chi connectivity index (χ1v) is 11.1. The maximum atomic E-state index is 12.5. The van der Waals surface area contributed by atoms with Crippen molar-refractivity contribution in [3.05, 3.63) is 84.4 Å². The number of hydrogen-bond donors (Lipinski definition) is 4. The molecule has 4 aromatic carbocycles. The largest absolute Gasteiger partial charge is 1.00 e. The number of azo groups is 1. The number of anilines is 2. The fraction of sp³-hybridized carbons (Fsp3) is 0. The molecule has 0 spiro atoms. The van der Waals surface area contributed by atoms with Gasteiger partial charge in [-0.15, -0.1) is 5.11 Å². The first kappa shape index (κ1) is 25.3. The minimum absolute atomic E-state index is 0. The zero-order valence-corrected chi connectivity index (χ0v) is 20.8. The maximum absolute atomic E-state index is 12.5. The molecule has 4 aromatic rings. The Bertz CT molecular complexity index is 1510. The fourth-order valence-electron chi connectivity index (χ4n) is 3.21. The molecule has 1 amide bonds. The second kappa shape index (κ2) is 10.3. The molecule has 0 heterocycles. The topological polar surface area (TPSA) is 154 Å². The quantitative estimate of drug-likeness (QED) is 0.147. The number of aromatic hydroxyl groups is 1. The Morgan fingerprint density at radius 2 is 1.65 bits per heavy atom. The van der Waals surface area contributed by atoms with Crippen LogP contribution in [-0.4, -0.2) is 24.0 Å². The van der Waals surface area contributed by atoms with E-state index in [1.54, 1.807) is 48.5 Å². The summed E-state index contributed by atoms with van der Waals surface area (Å²) >= 11 is 0. The van der Waals surface area contributed by atoms with E-state index in [-0.39, 0.29) is 40.3 Å². The summed E-state index contributed by atoms with van der Waals surface area (Å²) < 4.78 is 33.7. The molecule has 0 fully saturated rings. The molecule has 0 atom stereocenters. The molecule has 0 aliphatic heterocycles. The van der Waals surface area contributed by atoms with Crippen LogP contribution >= 0.6 is 0 Å². The van der Waals surface area contributed by atoms with Crippen LogP contribution in [0.5, 0.6) is 5.75 Å². The number of nitrogens with one attached hydrogen (secondary N) is 1. The number of carbonyl (C=O) groups excluding carboxylic acids is 1. The van der Waals surface area contributed by atoms with Crippen LogP contribution in [-0.2, 0) is 10.1 Å². The van der Waals surface area contributed by atoms with Gasteiger partial charge in [0.05, 0.1) is 5.69 Å². The molecule has 0 saturated carbocycles.